The van der Waals surface area contributed by atoms with Crippen molar-refractivity contribution < 1.29 is 6.85 Å². The Morgan fingerprint density at radius 3 is 2.50 bits per heavy atom. The largest absolute Gasteiger partial charge is 0.330 e. The Kier molecular flexibility index (Phi) is 0.396. The zero-order chi connectivity index (χ0) is 9.50. The van der Waals surface area contributed by atoms with Crippen molar-refractivity contribution >= 4 is 0 Å². The molecule has 0 rings (SSSR count). The summed E-state index contributed by atoms with van der Waals surface area (Å²) in [4.78, 5) is 0. The lowest BCUT2D eigenvalue weighted by Gasteiger charge is -2.12. The summed E-state index contributed by atoms with van der Waals surface area (Å²) in [5, 5.41) is 0. The van der Waals surface area contributed by atoms with Gasteiger partial charge in [-0.2, -0.15) is 0 Å². The quantitative estimate of drug-likeness (QED) is 0.474. The van der Waals surface area contributed by atoms with Crippen molar-refractivity contribution in [3.63, 3.8) is 0 Å². The summed E-state index contributed by atoms with van der Waals surface area (Å²) in [5.74, 6) is 0. The van der Waals surface area contributed by atoms with Gasteiger partial charge in [-0.05, 0) is 11.9 Å². The maximum Gasteiger partial charge on any atom is 0.0431 e. The summed E-state index contributed by atoms with van der Waals surface area (Å²) < 4.78 is 35.2. The van der Waals surface area contributed by atoms with Crippen LogP contribution >= 0.6 is 0 Å². The zero-order valence-electron chi connectivity index (χ0n) is 9.08. The maximum absolute atomic E-state index is 7.07. The van der Waals surface area contributed by atoms with E-state index < -0.39 is 18.8 Å². The number of hydrogen-bond donors (Lipinski definition) is 1. The molecule has 0 heterocycles. The molecule has 0 aromatic heterocycles. The van der Waals surface area contributed by atoms with E-state index in [0.717, 1.165) is 0 Å². The van der Waals surface area contributed by atoms with E-state index in [4.69, 9.17) is 12.6 Å². The van der Waals surface area contributed by atoms with Crippen LogP contribution in [0.4, 0.5) is 0 Å². The van der Waals surface area contributed by atoms with Crippen LogP contribution in [-0.2, 0) is 0 Å². The molecule has 1 nitrogen and oxygen atoms in total. The molecule has 0 radical (unpaired) electrons. The number of nitrogens with two attached hydrogens (primary N) is 1. The highest BCUT2D eigenvalue weighted by atomic mass is 14.6. The van der Waals surface area contributed by atoms with Crippen LogP contribution in [0.25, 0.3) is 0 Å². The fourth-order valence-corrected chi connectivity index (χ4v) is 0. The average molecular weight is 92.2 g/mol. The van der Waals surface area contributed by atoms with Gasteiger partial charge in [-0.1, -0.05) is 20.7 Å². The third-order valence-corrected chi connectivity index (χ3v) is 0.361. The van der Waals surface area contributed by atoms with Gasteiger partial charge in [0.05, 0.1) is 0 Å². The molecule has 0 aromatic rings. The highest BCUT2D eigenvalue weighted by Gasteiger charge is 2.03. The summed E-state index contributed by atoms with van der Waals surface area (Å²) in [5.41, 5.74) is 3.56. The Hall–Kier alpha value is -0.0400. The minimum Gasteiger partial charge on any atom is -0.330 e. The lowest BCUT2D eigenvalue weighted by molar-refractivity contribution is 0.428. The Morgan fingerprint density at radius 1 is 2.00 bits per heavy atom. The summed E-state index contributed by atoms with van der Waals surface area (Å²) in [6.07, 6.45) is 0. The van der Waals surface area contributed by atoms with Gasteiger partial charge < -0.3 is 5.73 Å². The van der Waals surface area contributed by atoms with Crippen molar-refractivity contribution in [3.8, 4) is 0 Å². The first kappa shape index (κ1) is 1.48. The van der Waals surface area contributed by atoms with Crippen LogP contribution in [0.2, 0.25) is 0 Å². The van der Waals surface area contributed by atoms with Crippen LogP contribution in [0.5, 0.6) is 0 Å². The molecule has 38 valence electrons. The van der Waals surface area contributed by atoms with E-state index in [1.165, 1.54) is 13.8 Å². The molecule has 0 aliphatic heterocycles. The van der Waals surface area contributed by atoms with Crippen LogP contribution in [0, 0.1) is 5.41 Å². The van der Waals surface area contributed by atoms with E-state index in [1.54, 1.807) is 0 Å². The highest BCUT2D eigenvalue weighted by Crippen LogP contribution is 2.07. The molecule has 0 amide bonds. The lowest BCUT2D eigenvalue weighted by atomic mass is 9.98. The third kappa shape index (κ3) is 3.96. The lowest BCUT2D eigenvalue weighted by Crippen LogP contribution is -2.18. The highest BCUT2D eigenvalue weighted by molar-refractivity contribution is 4.59. The molecular weight excluding hydrogens is 74.1 g/mol. The normalized spacial score (nSPS) is 28.8. The standard InChI is InChI=1S/C5H13N/c1-5(2,3)4-6/h4,6H2,1-3H3/i1D3,4D2. The maximum atomic E-state index is 7.07. The molecule has 0 saturated heterocycles. The van der Waals surface area contributed by atoms with Gasteiger partial charge in [-0.3, -0.25) is 0 Å². The molecule has 0 bridgehead atoms. The fourth-order valence-electron chi connectivity index (χ4n) is 0. The number of hydrogen-bond acceptors (Lipinski definition) is 1. The summed E-state index contributed by atoms with van der Waals surface area (Å²) in [7, 11) is 0. The molecule has 0 atom stereocenters. The molecule has 0 aliphatic carbocycles. The molecule has 0 spiro atoms. The fraction of sp³-hybridized carbons (Fsp3) is 1.00. The van der Waals surface area contributed by atoms with Gasteiger partial charge in [-0.15, -0.1) is 0 Å². The van der Waals surface area contributed by atoms with E-state index >= 15 is 0 Å². The van der Waals surface area contributed by atoms with E-state index in [2.05, 4.69) is 0 Å². The second-order valence-electron chi connectivity index (χ2n) is 1.77. The molecule has 0 aliphatic rings. The smallest absolute Gasteiger partial charge is 0.0431 e. The predicted molar refractivity (Wildman–Crippen MR) is 28.5 cm³/mol. The second kappa shape index (κ2) is 1.61. The van der Waals surface area contributed by atoms with Crippen molar-refractivity contribution in [2.45, 2.75) is 20.7 Å². The minimum atomic E-state index is -2.37. The predicted octanol–water partition coefficient (Wildman–Crippen LogP) is 0.991. The van der Waals surface area contributed by atoms with Crippen LogP contribution in [0.1, 0.15) is 27.6 Å². The van der Waals surface area contributed by atoms with Gasteiger partial charge in [0.2, 0.25) is 0 Å². The van der Waals surface area contributed by atoms with Crippen molar-refractivity contribution in [1.29, 1.82) is 0 Å². The molecule has 0 saturated carbocycles. The van der Waals surface area contributed by atoms with Crippen LogP contribution in [0.3, 0.4) is 0 Å². The first-order chi connectivity index (χ1) is 4.50. The molecule has 2 N–H and O–H groups in total. The van der Waals surface area contributed by atoms with Gasteiger partial charge in [0.1, 0.15) is 0 Å². The van der Waals surface area contributed by atoms with E-state index in [-0.39, 0.29) is 0 Å². The number of rotatable bonds is 0. The van der Waals surface area contributed by atoms with E-state index in [9.17, 15) is 0 Å². The van der Waals surface area contributed by atoms with Crippen molar-refractivity contribution in [1.82, 2.24) is 0 Å². The van der Waals surface area contributed by atoms with Gasteiger partial charge in [0.25, 0.3) is 0 Å². The van der Waals surface area contributed by atoms with E-state index in [0.29, 0.717) is 0 Å². The van der Waals surface area contributed by atoms with Crippen molar-refractivity contribution in [2.24, 2.45) is 11.1 Å². The second-order valence-corrected chi connectivity index (χ2v) is 1.77. The Bertz CT molecular complexity index is 126. The van der Waals surface area contributed by atoms with Gasteiger partial charge in [-0.25, -0.2) is 0 Å². The Balaban J connectivity index is 4.75. The van der Waals surface area contributed by atoms with E-state index in [1.807, 2.05) is 0 Å². The molecule has 0 aromatic carbocycles. The van der Waals surface area contributed by atoms with Crippen LogP contribution in [-0.4, -0.2) is 6.50 Å². The molecular formula is C5H13N. The Labute approximate surface area is 46.6 Å². The monoisotopic (exact) mass is 92.1 g/mol. The van der Waals surface area contributed by atoms with Crippen molar-refractivity contribution in [3.05, 3.63) is 0 Å². The van der Waals surface area contributed by atoms with Crippen LogP contribution in [0.15, 0.2) is 0 Å². The first-order valence-electron chi connectivity index (χ1n) is 4.29. The SMILES string of the molecule is [2H]C([2H])([2H])C(C)(C)C([2H])([2H])N. The first-order valence-corrected chi connectivity index (χ1v) is 1.79. The zero-order valence-corrected chi connectivity index (χ0v) is 4.08. The minimum absolute atomic E-state index is 1.29. The average Bonchev–Trinajstić information content (AvgIpc) is 1.58. The van der Waals surface area contributed by atoms with Gasteiger partial charge in [0, 0.05) is 6.85 Å². The third-order valence-electron chi connectivity index (χ3n) is 0.361. The molecule has 6 heavy (non-hydrogen) atoms. The topological polar surface area (TPSA) is 26.0 Å². The molecule has 0 unspecified atom stereocenters. The molecule has 0 fully saturated rings. The summed E-state index contributed by atoms with van der Waals surface area (Å²) in [6, 6.07) is 0. The molecule has 1 heteroatoms. The Morgan fingerprint density at radius 2 is 2.50 bits per heavy atom. The van der Waals surface area contributed by atoms with Crippen LogP contribution < -0.4 is 5.73 Å². The van der Waals surface area contributed by atoms with Crippen molar-refractivity contribution in [2.75, 3.05) is 6.50 Å². The summed E-state index contributed by atoms with van der Waals surface area (Å²) in [6.45, 7) is -1.97. The van der Waals surface area contributed by atoms with Gasteiger partial charge >= 0.3 is 0 Å². The van der Waals surface area contributed by atoms with Gasteiger partial charge in [0.15, 0.2) is 0 Å². The summed E-state index contributed by atoms with van der Waals surface area (Å²) >= 11 is 0.